The molecular formula is C9H15LiN2. The average molecular weight is 158 g/mol. The minimum atomic E-state index is 0. The third kappa shape index (κ3) is 2.17. The maximum atomic E-state index is 3.36. The summed E-state index contributed by atoms with van der Waals surface area (Å²) in [6.07, 6.45) is 6.87. The van der Waals surface area contributed by atoms with E-state index in [-0.39, 0.29) is 18.9 Å². The molecule has 0 amide bonds. The molecule has 1 aliphatic heterocycles. The molecule has 0 unspecified atom stereocenters. The van der Waals surface area contributed by atoms with Crippen molar-refractivity contribution in [1.82, 2.24) is 9.88 Å². The summed E-state index contributed by atoms with van der Waals surface area (Å²) in [5, 5.41) is 3.36. The predicted octanol–water partition coefficient (Wildman–Crippen LogP) is 0.764. The van der Waals surface area contributed by atoms with Crippen LogP contribution in [0.1, 0.15) is 18.9 Å². The average Bonchev–Trinajstić information content (AvgIpc) is 2.58. The first-order valence-corrected chi connectivity index (χ1v) is 4.30. The molecule has 0 atom stereocenters. The minimum Gasteiger partial charge on any atom is -0.351 e. The first kappa shape index (κ1) is 9.92. The standard InChI is InChI=1S/C9H14N2.Li.H/c1-2-8-11(7-1)9-3-5-10-6-4-9;;/h1-2,7-10H,3-6H2;;. The van der Waals surface area contributed by atoms with E-state index >= 15 is 0 Å². The van der Waals surface area contributed by atoms with E-state index in [1.165, 1.54) is 25.9 Å². The van der Waals surface area contributed by atoms with Gasteiger partial charge in [-0.25, -0.2) is 0 Å². The van der Waals surface area contributed by atoms with Crippen molar-refractivity contribution in [1.29, 1.82) is 0 Å². The van der Waals surface area contributed by atoms with Gasteiger partial charge in [0.05, 0.1) is 0 Å². The van der Waals surface area contributed by atoms with E-state index in [0.717, 1.165) is 6.04 Å². The van der Waals surface area contributed by atoms with E-state index in [1.807, 2.05) is 0 Å². The predicted molar refractivity (Wildman–Crippen MR) is 52.7 cm³/mol. The summed E-state index contributed by atoms with van der Waals surface area (Å²) in [6.45, 7) is 2.34. The van der Waals surface area contributed by atoms with Gasteiger partial charge in [-0.15, -0.1) is 0 Å². The summed E-state index contributed by atoms with van der Waals surface area (Å²) in [4.78, 5) is 0. The Hall–Kier alpha value is -0.163. The molecule has 62 valence electrons. The zero-order valence-corrected chi connectivity index (χ0v) is 6.66. The molecule has 1 aromatic rings. The minimum absolute atomic E-state index is 0. The fourth-order valence-corrected chi connectivity index (χ4v) is 1.70. The fraction of sp³-hybridized carbons (Fsp3) is 0.556. The number of rotatable bonds is 1. The summed E-state index contributed by atoms with van der Waals surface area (Å²) >= 11 is 0. The van der Waals surface area contributed by atoms with Crippen molar-refractivity contribution in [2.24, 2.45) is 0 Å². The van der Waals surface area contributed by atoms with Gasteiger partial charge in [-0.2, -0.15) is 0 Å². The van der Waals surface area contributed by atoms with Crippen LogP contribution in [0.15, 0.2) is 24.5 Å². The summed E-state index contributed by atoms with van der Waals surface area (Å²) in [7, 11) is 0. The van der Waals surface area contributed by atoms with Gasteiger partial charge in [-0.1, -0.05) is 0 Å². The van der Waals surface area contributed by atoms with E-state index in [2.05, 4.69) is 34.4 Å². The molecule has 1 saturated heterocycles. The van der Waals surface area contributed by atoms with E-state index in [4.69, 9.17) is 0 Å². The molecule has 0 aliphatic carbocycles. The van der Waals surface area contributed by atoms with Gasteiger partial charge >= 0.3 is 18.9 Å². The van der Waals surface area contributed by atoms with Crippen LogP contribution in [-0.4, -0.2) is 36.5 Å². The van der Waals surface area contributed by atoms with E-state index < -0.39 is 0 Å². The Kier molecular flexibility index (Phi) is 3.94. The second-order valence-corrected chi connectivity index (χ2v) is 3.11. The normalized spacial score (nSPS) is 18.7. The fourth-order valence-electron chi connectivity index (χ4n) is 1.70. The Bertz CT molecular complexity index is 202. The third-order valence-corrected chi connectivity index (χ3v) is 2.36. The Labute approximate surface area is 85.5 Å². The molecule has 3 heteroatoms. The quantitative estimate of drug-likeness (QED) is 0.597. The van der Waals surface area contributed by atoms with Crippen LogP contribution in [-0.2, 0) is 0 Å². The molecule has 1 aliphatic rings. The van der Waals surface area contributed by atoms with Gasteiger partial charge < -0.3 is 9.88 Å². The number of hydrogen-bond donors (Lipinski definition) is 1. The molecule has 0 saturated carbocycles. The van der Waals surface area contributed by atoms with Gasteiger partial charge in [0.2, 0.25) is 0 Å². The molecule has 0 bridgehead atoms. The van der Waals surface area contributed by atoms with Crippen molar-refractivity contribution in [3.63, 3.8) is 0 Å². The van der Waals surface area contributed by atoms with Crippen LogP contribution in [0, 0.1) is 0 Å². The van der Waals surface area contributed by atoms with Gasteiger partial charge in [-0.3, -0.25) is 0 Å². The van der Waals surface area contributed by atoms with Crippen molar-refractivity contribution in [2.45, 2.75) is 18.9 Å². The zero-order valence-electron chi connectivity index (χ0n) is 6.66. The van der Waals surface area contributed by atoms with E-state index in [1.54, 1.807) is 0 Å². The number of aromatic nitrogens is 1. The second-order valence-electron chi connectivity index (χ2n) is 3.11. The summed E-state index contributed by atoms with van der Waals surface area (Å²) in [5.74, 6) is 0. The summed E-state index contributed by atoms with van der Waals surface area (Å²) in [5.41, 5.74) is 0. The largest absolute Gasteiger partial charge is 0.351 e. The van der Waals surface area contributed by atoms with Crippen molar-refractivity contribution in [3.8, 4) is 0 Å². The Morgan fingerprint density at radius 1 is 1.08 bits per heavy atom. The first-order chi connectivity index (χ1) is 5.47. The first-order valence-electron chi connectivity index (χ1n) is 4.30. The van der Waals surface area contributed by atoms with Crippen molar-refractivity contribution < 1.29 is 0 Å². The molecule has 0 aromatic carbocycles. The zero-order chi connectivity index (χ0) is 7.52. The van der Waals surface area contributed by atoms with Crippen LogP contribution in [0.4, 0.5) is 0 Å². The van der Waals surface area contributed by atoms with Gasteiger partial charge in [0.25, 0.3) is 0 Å². The molecule has 1 fully saturated rings. The van der Waals surface area contributed by atoms with Crippen LogP contribution in [0.3, 0.4) is 0 Å². The maximum absolute atomic E-state index is 3.36. The second kappa shape index (κ2) is 4.76. The molecular weight excluding hydrogens is 143 g/mol. The molecule has 12 heavy (non-hydrogen) atoms. The Morgan fingerprint density at radius 2 is 1.67 bits per heavy atom. The molecule has 2 nitrogen and oxygen atoms in total. The monoisotopic (exact) mass is 158 g/mol. The number of hydrogen-bond acceptors (Lipinski definition) is 1. The maximum Gasteiger partial charge on any atom is 0.0354 e. The van der Waals surface area contributed by atoms with Crippen LogP contribution in [0.25, 0.3) is 0 Å². The SMILES string of the molecule is [LiH].c1ccn(C2CCNCC2)c1. The Balaban J connectivity index is 0.000000720. The molecule has 1 N–H and O–H groups in total. The van der Waals surface area contributed by atoms with Crippen LogP contribution >= 0.6 is 0 Å². The summed E-state index contributed by atoms with van der Waals surface area (Å²) in [6, 6.07) is 4.94. The number of nitrogens with one attached hydrogen (secondary N) is 1. The van der Waals surface area contributed by atoms with Crippen LogP contribution in [0.2, 0.25) is 0 Å². The van der Waals surface area contributed by atoms with Gasteiger partial charge in [0.1, 0.15) is 0 Å². The van der Waals surface area contributed by atoms with Crippen LogP contribution in [0.5, 0.6) is 0 Å². The summed E-state index contributed by atoms with van der Waals surface area (Å²) < 4.78 is 2.32. The van der Waals surface area contributed by atoms with Crippen LogP contribution < -0.4 is 5.32 Å². The molecule has 0 radical (unpaired) electrons. The van der Waals surface area contributed by atoms with Gasteiger partial charge in [0, 0.05) is 18.4 Å². The van der Waals surface area contributed by atoms with E-state index in [9.17, 15) is 0 Å². The number of nitrogens with zero attached hydrogens (tertiary/aromatic N) is 1. The van der Waals surface area contributed by atoms with Crippen molar-refractivity contribution in [2.75, 3.05) is 13.1 Å². The van der Waals surface area contributed by atoms with E-state index in [0.29, 0.717) is 0 Å². The smallest absolute Gasteiger partial charge is 0.0354 e. The molecule has 2 heterocycles. The molecule has 0 spiro atoms. The molecule has 1 aromatic heterocycles. The third-order valence-electron chi connectivity index (χ3n) is 2.36. The number of piperidine rings is 1. The van der Waals surface area contributed by atoms with Crippen molar-refractivity contribution >= 4 is 18.9 Å². The van der Waals surface area contributed by atoms with Gasteiger partial charge in [0.15, 0.2) is 0 Å². The van der Waals surface area contributed by atoms with Crippen molar-refractivity contribution in [3.05, 3.63) is 24.5 Å². The molecule has 2 rings (SSSR count). The van der Waals surface area contributed by atoms with Gasteiger partial charge in [-0.05, 0) is 38.1 Å². The Morgan fingerprint density at radius 3 is 2.25 bits per heavy atom. The topological polar surface area (TPSA) is 17.0 Å².